The Bertz CT molecular complexity index is 752. The Balaban J connectivity index is 1.63. The maximum atomic E-state index is 11.0. The second kappa shape index (κ2) is 7.18. The summed E-state index contributed by atoms with van der Waals surface area (Å²) in [6, 6.07) is 5.40. The maximum absolute atomic E-state index is 11.0. The number of hydrogen-bond acceptors (Lipinski definition) is 7. The molecule has 1 aliphatic heterocycles. The Labute approximate surface area is 146 Å². The van der Waals surface area contributed by atoms with Crippen LogP contribution in [-0.2, 0) is 6.42 Å². The summed E-state index contributed by atoms with van der Waals surface area (Å²) >= 11 is 0. The van der Waals surface area contributed by atoms with E-state index in [-0.39, 0.29) is 16.7 Å². The third-order valence-corrected chi connectivity index (χ3v) is 4.76. The number of rotatable bonds is 5. The van der Waals surface area contributed by atoms with Gasteiger partial charge in [-0.15, -0.1) is 0 Å². The van der Waals surface area contributed by atoms with Crippen LogP contribution in [0.1, 0.15) is 37.2 Å². The topological polar surface area (TPSA) is 88.5 Å². The van der Waals surface area contributed by atoms with E-state index in [1.54, 1.807) is 13.0 Å². The van der Waals surface area contributed by atoms with Crippen LogP contribution in [0, 0.1) is 17.0 Å². The van der Waals surface area contributed by atoms with Gasteiger partial charge in [0, 0.05) is 49.9 Å². The molecule has 3 rings (SSSR count). The lowest BCUT2D eigenvalue weighted by Crippen LogP contribution is -2.47. The standard InChI is InChI=1S/C17H23N5O3/c1-4-16-18-17(25-19-16)13(3)20-7-9-21(10-8-20)14-5-6-15(22(23)24)12(2)11-14/h5-6,11,13H,4,7-10H2,1-3H3. The van der Waals surface area contributed by atoms with Crippen LogP contribution in [0.3, 0.4) is 0 Å². The highest BCUT2D eigenvalue weighted by Crippen LogP contribution is 2.27. The first-order valence-electron chi connectivity index (χ1n) is 8.56. The highest BCUT2D eigenvalue weighted by atomic mass is 16.6. The van der Waals surface area contributed by atoms with E-state index >= 15 is 0 Å². The minimum atomic E-state index is -0.340. The molecular weight excluding hydrogens is 322 g/mol. The molecule has 1 aliphatic rings. The average Bonchev–Trinajstić information content (AvgIpc) is 3.10. The summed E-state index contributed by atoms with van der Waals surface area (Å²) in [5.74, 6) is 1.40. The normalized spacial score (nSPS) is 16.8. The molecule has 1 atom stereocenters. The molecule has 0 N–H and O–H groups in total. The van der Waals surface area contributed by atoms with Gasteiger partial charge in [0.2, 0.25) is 5.89 Å². The smallest absolute Gasteiger partial charge is 0.272 e. The molecule has 0 radical (unpaired) electrons. The van der Waals surface area contributed by atoms with Gasteiger partial charge in [-0.3, -0.25) is 15.0 Å². The molecule has 8 heteroatoms. The second-order valence-electron chi connectivity index (χ2n) is 6.33. The Kier molecular flexibility index (Phi) is 4.98. The number of hydrogen-bond donors (Lipinski definition) is 0. The van der Waals surface area contributed by atoms with Crippen molar-refractivity contribution in [2.24, 2.45) is 0 Å². The van der Waals surface area contributed by atoms with Crippen molar-refractivity contribution in [3.05, 3.63) is 45.6 Å². The minimum absolute atomic E-state index is 0.0912. The van der Waals surface area contributed by atoms with Gasteiger partial charge >= 0.3 is 0 Å². The fraction of sp³-hybridized carbons (Fsp3) is 0.529. The summed E-state index contributed by atoms with van der Waals surface area (Å²) < 4.78 is 5.35. The van der Waals surface area contributed by atoms with Crippen LogP contribution >= 0.6 is 0 Å². The quantitative estimate of drug-likeness (QED) is 0.608. The van der Waals surface area contributed by atoms with Crippen molar-refractivity contribution in [2.45, 2.75) is 33.2 Å². The minimum Gasteiger partial charge on any atom is -0.369 e. The SMILES string of the molecule is CCc1noc(C(C)N2CCN(c3ccc([N+](=O)[O-])c(C)c3)CC2)n1. The first-order chi connectivity index (χ1) is 12.0. The van der Waals surface area contributed by atoms with Crippen molar-refractivity contribution >= 4 is 11.4 Å². The lowest BCUT2D eigenvalue weighted by atomic mass is 10.1. The number of anilines is 1. The fourth-order valence-electron chi connectivity index (χ4n) is 3.15. The van der Waals surface area contributed by atoms with E-state index < -0.39 is 0 Å². The number of nitro benzene ring substituents is 1. The van der Waals surface area contributed by atoms with E-state index in [0.29, 0.717) is 11.5 Å². The molecule has 0 bridgehead atoms. The maximum Gasteiger partial charge on any atom is 0.272 e. The van der Waals surface area contributed by atoms with Gasteiger partial charge in [-0.2, -0.15) is 4.98 Å². The van der Waals surface area contributed by atoms with Crippen LogP contribution in [0.15, 0.2) is 22.7 Å². The molecule has 1 aromatic carbocycles. The molecule has 1 aromatic heterocycles. The molecule has 0 saturated carbocycles. The molecular formula is C17H23N5O3. The third kappa shape index (κ3) is 3.63. The van der Waals surface area contributed by atoms with E-state index in [0.717, 1.165) is 44.1 Å². The molecule has 2 aromatic rings. The van der Waals surface area contributed by atoms with Gasteiger partial charge in [-0.05, 0) is 26.0 Å². The van der Waals surface area contributed by atoms with E-state index in [2.05, 4.69) is 26.9 Å². The van der Waals surface area contributed by atoms with Crippen molar-refractivity contribution in [3.63, 3.8) is 0 Å². The number of nitrogens with zero attached hydrogens (tertiary/aromatic N) is 5. The van der Waals surface area contributed by atoms with E-state index in [9.17, 15) is 10.1 Å². The Hall–Kier alpha value is -2.48. The highest BCUT2D eigenvalue weighted by molar-refractivity contribution is 5.55. The average molecular weight is 345 g/mol. The third-order valence-electron chi connectivity index (χ3n) is 4.76. The molecule has 134 valence electrons. The van der Waals surface area contributed by atoms with Crippen LogP contribution in [0.2, 0.25) is 0 Å². The molecule has 1 saturated heterocycles. The molecule has 1 unspecified atom stereocenters. The van der Waals surface area contributed by atoms with Gasteiger partial charge in [-0.25, -0.2) is 0 Å². The molecule has 2 heterocycles. The monoisotopic (exact) mass is 345 g/mol. The van der Waals surface area contributed by atoms with Crippen LogP contribution in [0.5, 0.6) is 0 Å². The number of benzene rings is 1. The summed E-state index contributed by atoms with van der Waals surface area (Å²) in [4.78, 5) is 19.6. The van der Waals surface area contributed by atoms with Gasteiger partial charge in [0.25, 0.3) is 5.69 Å². The summed E-state index contributed by atoms with van der Waals surface area (Å²) in [5, 5.41) is 14.9. The largest absolute Gasteiger partial charge is 0.369 e. The molecule has 0 spiro atoms. The first kappa shape index (κ1) is 17.3. The number of piperazine rings is 1. The Morgan fingerprint density at radius 2 is 2.04 bits per heavy atom. The Morgan fingerprint density at radius 1 is 1.32 bits per heavy atom. The highest BCUT2D eigenvalue weighted by Gasteiger charge is 2.26. The van der Waals surface area contributed by atoms with Crippen LogP contribution in [-0.4, -0.2) is 46.1 Å². The summed E-state index contributed by atoms with van der Waals surface area (Å²) in [6.45, 7) is 9.33. The van der Waals surface area contributed by atoms with Crippen LogP contribution < -0.4 is 4.90 Å². The fourth-order valence-corrected chi connectivity index (χ4v) is 3.15. The van der Waals surface area contributed by atoms with Gasteiger partial charge < -0.3 is 9.42 Å². The predicted octanol–water partition coefficient (Wildman–Crippen LogP) is 2.73. The van der Waals surface area contributed by atoms with Crippen molar-refractivity contribution in [3.8, 4) is 0 Å². The van der Waals surface area contributed by atoms with Gasteiger partial charge in [0.15, 0.2) is 5.82 Å². The van der Waals surface area contributed by atoms with Gasteiger partial charge in [0.05, 0.1) is 11.0 Å². The van der Waals surface area contributed by atoms with Gasteiger partial charge in [-0.1, -0.05) is 12.1 Å². The summed E-state index contributed by atoms with van der Waals surface area (Å²) in [6.07, 6.45) is 0.767. The van der Waals surface area contributed by atoms with Crippen molar-refractivity contribution in [1.29, 1.82) is 0 Å². The van der Waals surface area contributed by atoms with Crippen molar-refractivity contribution < 1.29 is 9.45 Å². The number of aryl methyl sites for hydroxylation is 2. The zero-order valence-electron chi connectivity index (χ0n) is 14.8. The molecule has 0 amide bonds. The van der Waals surface area contributed by atoms with Crippen LogP contribution in [0.4, 0.5) is 11.4 Å². The van der Waals surface area contributed by atoms with E-state index in [4.69, 9.17) is 4.52 Å². The van der Waals surface area contributed by atoms with E-state index in [1.165, 1.54) is 0 Å². The summed E-state index contributed by atoms with van der Waals surface area (Å²) in [7, 11) is 0. The molecule has 25 heavy (non-hydrogen) atoms. The molecule has 8 nitrogen and oxygen atoms in total. The summed E-state index contributed by atoms with van der Waals surface area (Å²) in [5.41, 5.74) is 1.89. The van der Waals surface area contributed by atoms with Crippen LogP contribution in [0.25, 0.3) is 0 Å². The first-order valence-corrected chi connectivity index (χ1v) is 8.56. The van der Waals surface area contributed by atoms with Crippen molar-refractivity contribution in [2.75, 3.05) is 31.1 Å². The Morgan fingerprint density at radius 3 is 2.60 bits per heavy atom. The number of nitro groups is 1. The number of aromatic nitrogens is 2. The van der Waals surface area contributed by atoms with Crippen molar-refractivity contribution in [1.82, 2.24) is 15.0 Å². The second-order valence-corrected chi connectivity index (χ2v) is 6.33. The lowest BCUT2D eigenvalue weighted by Gasteiger charge is -2.38. The zero-order valence-corrected chi connectivity index (χ0v) is 14.8. The zero-order chi connectivity index (χ0) is 18.0. The lowest BCUT2D eigenvalue weighted by molar-refractivity contribution is -0.385. The van der Waals surface area contributed by atoms with E-state index in [1.807, 2.05) is 19.1 Å². The predicted molar refractivity (Wildman–Crippen MR) is 93.7 cm³/mol. The van der Waals surface area contributed by atoms with Gasteiger partial charge in [0.1, 0.15) is 0 Å². The molecule has 0 aliphatic carbocycles. The molecule has 1 fully saturated rings.